The molecule has 1 amide bonds. The molecule has 0 fully saturated rings. The number of anilines is 1. The topological polar surface area (TPSA) is 87.5 Å². The van der Waals surface area contributed by atoms with Gasteiger partial charge in [-0.25, -0.2) is 4.98 Å². The molecule has 0 radical (unpaired) electrons. The van der Waals surface area contributed by atoms with Gasteiger partial charge >= 0.3 is 0 Å². The van der Waals surface area contributed by atoms with Gasteiger partial charge in [0.1, 0.15) is 23.1 Å². The van der Waals surface area contributed by atoms with E-state index in [0.29, 0.717) is 23.3 Å². The molecule has 0 aliphatic carbocycles. The fourth-order valence-electron chi connectivity index (χ4n) is 3.12. The molecule has 4 aromatic rings. The summed E-state index contributed by atoms with van der Waals surface area (Å²) >= 11 is 1.44. The zero-order chi connectivity index (χ0) is 23.2. The summed E-state index contributed by atoms with van der Waals surface area (Å²) in [5.74, 6) is 2.36. The predicted octanol–water partition coefficient (Wildman–Crippen LogP) is 4.73. The minimum Gasteiger partial charge on any atom is -0.497 e. The van der Waals surface area contributed by atoms with Crippen LogP contribution in [-0.4, -0.2) is 41.0 Å². The van der Waals surface area contributed by atoms with Crippen molar-refractivity contribution in [3.05, 3.63) is 65.7 Å². The summed E-state index contributed by atoms with van der Waals surface area (Å²) in [7, 11) is 1.63. The van der Waals surface area contributed by atoms with Gasteiger partial charge in [0.2, 0.25) is 5.13 Å². The second-order valence-electron chi connectivity index (χ2n) is 7.07. The summed E-state index contributed by atoms with van der Waals surface area (Å²) in [6.07, 6.45) is 0. The van der Waals surface area contributed by atoms with Crippen LogP contribution in [0.3, 0.4) is 0 Å². The van der Waals surface area contributed by atoms with Crippen LogP contribution in [0.25, 0.3) is 16.4 Å². The predicted molar refractivity (Wildman–Crippen MR) is 128 cm³/mol. The van der Waals surface area contributed by atoms with E-state index in [0.717, 1.165) is 28.5 Å². The van der Waals surface area contributed by atoms with E-state index in [4.69, 9.17) is 14.2 Å². The Kier molecular flexibility index (Phi) is 6.89. The molecule has 2 aromatic heterocycles. The highest BCUT2D eigenvalue weighted by atomic mass is 32.1. The van der Waals surface area contributed by atoms with Gasteiger partial charge in [-0.05, 0) is 62.4 Å². The number of benzene rings is 2. The van der Waals surface area contributed by atoms with Crippen LogP contribution in [-0.2, 0) is 4.79 Å². The summed E-state index contributed by atoms with van der Waals surface area (Å²) in [6, 6.07) is 16.6. The standard InChI is InChI=1S/C24H24N4O4S/c1-4-31-19-9-11-20(12-10-19)32-14-23(29)26-22-13-16(2)27-28(22)24-25-21(15-33-24)17-5-7-18(30-3)8-6-17/h5-13,15H,4,14H2,1-3H3,(H,26,29). The Morgan fingerprint density at radius 1 is 1.03 bits per heavy atom. The first-order valence-electron chi connectivity index (χ1n) is 10.4. The van der Waals surface area contributed by atoms with Crippen LogP contribution >= 0.6 is 11.3 Å². The van der Waals surface area contributed by atoms with Gasteiger partial charge in [-0.3, -0.25) is 4.79 Å². The lowest BCUT2D eigenvalue weighted by molar-refractivity contribution is -0.118. The Hall–Kier alpha value is -3.85. The molecule has 2 heterocycles. The summed E-state index contributed by atoms with van der Waals surface area (Å²) < 4.78 is 17.8. The number of aromatic nitrogens is 3. The Bertz CT molecular complexity index is 1220. The largest absolute Gasteiger partial charge is 0.497 e. The Balaban J connectivity index is 1.43. The molecule has 4 rings (SSSR count). The molecule has 170 valence electrons. The maximum atomic E-state index is 12.5. The van der Waals surface area contributed by atoms with Crippen LogP contribution in [0.15, 0.2) is 60.0 Å². The highest BCUT2D eigenvalue weighted by Gasteiger charge is 2.15. The van der Waals surface area contributed by atoms with E-state index in [9.17, 15) is 4.79 Å². The first kappa shape index (κ1) is 22.3. The second-order valence-corrected chi connectivity index (χ2v) is 7.90. The molecule has 33 heavy (non-hydrogen) atoms. The lowest BCUT2D eigenvalue weighted by atomic mass is 10.2. The van der Waals surface area contributed by atoms with Crippen LogP contribution in [0, 0.1) is 6.92 Å². The van der Waals surface area contributed by atoms with Gasteiger partial charge in [0.05, 0.1) is 25.1 Å². The number of hydrogen-bond donors (Lipinski definition) is 1. The Labute approximate surface area is 195 Å². The number of rotatable bonds is 9. The molecule has 0 atom stereocenters. The molecule has 0 bridgehead atoms. The normalized spacial score (nSPS) is 10.6. The number of hydrogen-bond acceptors (Lipinski definition) is 7. The van der Waals surface area contributed by atoms with Crippen molar-refractivity contribution < 1.29 is 19.0 Å². The number of thiazole rings is 1. The van der Waals surface area contributed by atoms with Crippen molar-refractivity contribution in [3.63, 3.8) is 0 Å². The molecule has 0 saturated carbocycles. The molecule has 9 heteroatoms. The number of ether oxygens (including phenoxy) is 3. The number of aryl methyl sites for hydroxylation is 1. The molecule has 2 aromatic carbocycles. The van der Waals surface area contributed by atoms with E-state index in [2.05, 4.69) is 15.4 Å². The van der Waals surface area contributed by atoms with Gasteiger partial charge in [0, 0.05) is 17.0 Å². The monoisotopic (exact) mass is 464 g/mol. The van der Waals surface area contributed by atoms with Gasteiger partial charge in [0.15, 0.2) is 6.61 Å². The SMILES string of the molecule is CCOc1ccc(OCC(=O)Nc2cc(C)nn2-c2nc(-c3ccc(OC)cc3)cs2)cc1. The third-order valence-electron chi connectivity index (χ3n) is 4.66. The molecule has 8 nitrogen and oxygen atoms in total. The van der Waals surface area contributed by atoms with Gasteiger partial charge in [-0.15, -0.1) is 11.3 Å². The average molecular weight is 465 g/mol. The number of nitrogens with zero attached hydrogens (tertiary/aromatic N) is 3. The van der Waals surface area contributed by atoms with Crippen molar-refractivity contribution in [1.82, 2.24) is 14.8 Å². The third kappa shape index (κ3) is 5.50. The van der Waals surface area contributed by atoms with E-state index in [1.807, 2.05) is 43.5 Å². The van der Waals surface area contributed by atoms with Crippen LogP contribution in [0.1, 0.15) is 12.6 Å². The fourth-order valence-corrected chi connectivity index (χ4v) is 3.91. The zero-order valence-electron chi connectivity index (χ0n) is 18.6. The lowest BCUT2D eigenvalue weighted by Gasteiger charge is -2.09. The maximum Gasteiger partial charge on any atom is 0.263 e. The van der Waals surface area contributed by atoms with Crippen molar-refractivity contribution in [3.8, 4) is 33.6 Å². The van der Waals surface area contributed by atoms with E-state index in [-0.39, 0.29) is 12.5 Å². The molecular formula is C24H24N4O4S. The average Bonchev–Trinajstić information content (AvgIpc) is 3.45. The fraction of sp³-hybridized carbons (Fsp3) is 0.208. The first-order chi connectivity index (χ1) is 16.1. The number of carbonyl (C=O) groups is 1. The molecule has 0 unspecified atom stereocenters. The van der Waals surface area contributed by atoms with Crippen molar-refractivity contribution in [2.45, 2.75) is 13.8 Å². The summed E-state index contributed by atoms with van der Waals surface area (Å²) in [4.78, 5) is 17.2. The van der Waals surface area contributed by atoms with Crippen LogP contribution in [0.2, 0.25) is 0 Å². The van der Waals surface area contributed by atoms with Crippen molar-refractivity contribution in [2.24, 2.45) is 0 Å². The zero-order valence-corrected chi connectivity index (χ0v) is 19.4. The number of methoxy groups -OCH3 is 1. The first-order valence-corrected chi connectivity index (χ1v) is 11.3. The van der Waals surface area contributed by atoms with Gasteiger partial charge in [-0.2, -0.15) is 9.78 Å². The van der Waals surface area contributed by atoms with E-state index >= 15 is 0 Å². The van der Waals surface area contributed by atoms with Crippen molar-refractivity contribution in [2.75, 3.05) is 25.6 Å². The molecule has 1 N–H and O–H groups in total. The highest BCUT2D eigenvalue weighted by Crippen LogP contribution is 2.27. The van der Waals surface area contributed by atoms with Crippen molar-refractivity contribution in [1.29, 1.82) is 0 Å². The quantitative estimate of drug-likeness (QED) is 0.385. The third-order valence-corrected chi connectivity index (χ3v) is 5.48. The molecule has 0 aliphatic heterocycles. The molecule has 0 spiro atoms. The summed E-state index contributed by atoms with van der Waals surface area (Å²) in [5, 5.41) is 9.95. The Morgan fingerprint density at radius 2 is 1.70 bits per heavy atom. The Morgan fingerprint density at radius 3 is 2.36 bits per heavy atom. The number of nitrogens with one attached hydrogen (secondary N) is 1. The van der Waals surface area contributed by atoms with E-state index in [1.54, 1.807) is 42.1 Å². The number of amides is 1. The number of carbonyl (C=O) groups excluding carboxylic acids is 1. The minimum atomic E-state index is -0.294. The van der Waals surface area contributed by atoms with Gasteiger partial charge in [0.25, 0.3) is 5.91 Å². The second kappa shape index (κ2) is 10.2. The van der Waals surface area contributed by atoms with E-state index in [1.165, 1.54) is 11.3 Å². The molecule has 0 saturated heterocycles. The minimum absolute atomic E-state index is 0.132. The van der Waals surface area contributed by atoms with Crippen LogP contribution in [0.5, 0.6) is 17.2 Å². The summed E-state index contributed by atoms with van der Waals surface area (Å²) in [5.41, 5.74) is 2.55. The van der Waals surface area contributed by atoms with Gasteiger partial charge < -0.3 is 19.5 Å². The van der Waals surface area contributed by atoms with E-state index < -0.39 is 0 Å². The van der Waals surface area contributed by atoms with Gasteiger partial charge in [-0.1, -0.05) is 0 Å². The molecule has 0 aliphatic rings. The summed E-state index contributed by atoms with van der Waals surface area (Å²) in [6.45, 7) is 4.25. The van der Waals surface area contributed by atoms with Crippen LogP contribution < -0.4 is 19.5 Å². The maximum absolute atomic E-state index is 12.5. The lowest BCUT2D eigenvalue weighted by Crippen LogP contribution is -2.21. The van der Waals surface area contributed by atoms with Crippen molar-refractivity contribution >= 4 is 23.1 Å². The molecular weight excluding hydrogens is 440 g/mol. The smallest absolute Gasteiger partial charge is 0.263 e. The van der Waals surface area contributed by atoms with Crippen LogP contribution in [0.4, 0.5) is 5.82 Å². The highest BCUT2D eigenvalue weighted by molar-refractivity contribution is 7.12.